The molecule has 5 heteroatoms. The predicted octanol–water partition coefficient (Wildman–Crippen LogP) is 1.47. The molecule has 0 fully saturated rings. The maximum absolute atomic E-state index is 7.20. The molecule has 72 valence electrons. The summed E-state index contributed by atoms with van der Waals surface area (Å²) in [6.07, 6.45) is 3.93. The summed E-state index contributed by atoms with van der Waals surface area (Å²) in [7, 11) is 0. The number of imidazole rings is 1. The molecule has 2 aromatic heterocycles. The van der Waals surface area contributed by atoms with Gasteiger partial charge in [0, 0.05) is 24.5 Å². The van der Waals surface area contributed by atoms with Crippen LogP contribution in [0.3, 0.4) is 0 Å². The molecule has 0 saturated heterocycles. The van der Waals surface area contributed by atoms with Crippen molar-refractivity contribution in [3.8, 4) is 0 Å². The van der Waals surface area contributed by atoms with E-state index in [0.717, 1.165) is 5.69 Å². The van der Waals surface area contributed by atoms with E-state index in [1.165, 1.54) is 0 Å². The third-order valence-electron chi connectivity index (χ3n) is 1.94. The van der Waals surface area contributed by atoms with Crippen LogP contribution in [-0.4, -0.2) is 15.2 Å². The molecule has 2 heterocycles. The Morgan fingerprint density at radius 2 is 2.43 bits per heavy atom. The van der Waals surface area contributed by atoms with E-state index in [9.17, 15) is 0 Å². The summed E-state index contributed by atoms with van der Waals surface area (Å²) >= 11 is 5.94. The van der Waals surface area contributed by atoms with Crippen molar-refractivity contribution in [3.05, 3.63) is 35.2 Å². The van der Waals surface area contributed by atoms with Crippen LogP contribution in [0.2, 0.25) is 5.02 Å². The summed E-state index contributed by atoms with van der Waals surface area (Å²) in [6.45, 7) is 0. The molecule has 4 nitrogen and oxygen atoms in total. The molecule has 0 unspecified atom stereocenters. The molecule has 0 aromatic carbocycles. The number of hydrogen-bond donors (Lipinski definition) is 2. The van der Waals surface area contributed by atoms with Crippen molar-refractivity contribution < 1.29 is 0 Å². The molecule has 2 aromatic rings. The zero-order valence-electron chi connectivity index (χ0n) is 7.37. The number of nitrogens with one attached hydrogen (secondary N) is 1. The Labute approximate surface area is 85.8 Å². The van der Waals surface area contributed by atoms with Crippen LogP contribution in [0.5, 0.6) is 0 Å². The fourth-order valence-corrected chi connectivity index (χ4v) is 1.57. The minimum atomic E-state index is 0.117. The lowest BCUT2D eigenvalue weighted by atomic mass is 10.3. The number of fused-ring (bicyclic) bond motifs is 1. The maximum atomic E-state index is 7.20. The average molecular weight is 209 g/mol. The first-order chi connectivity index (χ1) is 6.68. The van der Waals surface area contributed by atoms with E-state index in [0.29, 0.717) is 17.1 Å². The van der Waals surface area contributed by atoms with Gasteiger partial charge in [-0.15, -0.1) is 0 Å². The minimum Gasteiger partial charge on any atom is -0.387 e. The van der Waals surface area contributed by atoms with Gasteiger partial charge in [0.2, 0.25) is 0 Å². The fourth-order valence-electron chi connectivity index (χ4n) is 1.35. The van der Waals surface area contributed by atoms with Crippen LogP contribution in [0, 0.1) is 5.41 Å². The first-order valence-corrected chi connectivity index (χ1v) is 4.49. The van der Waals surface area contributed by atoms with E-state index in [1.807, 2.05) is 16.7 Å². The molecule has 0 radical (unpaired) electrons. The van der Waals surface area contributed by atoms with Gasteiger partial charge in [-0.1, -0.05) is 11.6 Å². The molecule has 0 atom stereocenters. The van der Waals surface area contributed by atoms with Gasteiger partial charge in [-0.2, -0.15) is 0 Å². The zero-order valence-corrected chi connectivity index (χ0v) is 8.12. The number of hydrogen-bond acceptors (Lipinski definition) is 2. The fraction of sp³-hybridized carbons (Fsp3) is 0.111. The summed E-state index contributed by atoms with van der Waals surface area (Å²) in [5.41, 5.74) is 6.89. The molecule has 3 N–H and O–H groups in total. The Bertz CT molecular complexity index is 489. The normalized spacial score (nSPS) is 10.6. The molecule has 0 aliphatic rings. The Morgan fingerprint density at radius 1 is 1.64 bits per heavy atom. The molecule has 0 saturated carbocycles. The molecule has 0 spiro atoms. The van der Waals surface area contributed by atoms with Crippen molar-refractivity contribution in [2.24, 2.45) is 5.73 Å². The van der Waals surface area contributed by atoms with Gasteiger partial charge >= 0.3 is 0 Å². The van der Waals surface area contributed by atoms with Crippen molar-refractivity contribution in [1.29, 1.82) is 5.41 Å². The second-order valence-corrected chi connectivity index (χ2v) is 3.41. The molecule has 2 rings (SSSR count). The summed E-state index contributed by atoms with van der Waals surface area (Å²) in [5.74, 6) is 0.117. The van der Waals surface area contributed by atoms with E-state index in [1.54, 1.807) is 12.3 Å². The van der Waals surface area contributed by atoms with Crippen LogP contribution in [0.1, 0.15) is 5.69 Å². The Hall–Kier alpha value is -1.55. The van der Waals surface area contributed by atoms with E-state index in [2.05, 4.69) is 4.98 Å². The van der Waals surface area contributed by atoms with Crippen LogP contribution < -0.4 is 5.73 Å². The lowest BCUT2D eigenvalue weighted by molar-refractivity contribution is 1.06. The van der Waals surface area contributed by atoms with Gasteiger partial charge in [-0.05, 0) is 12.1 Å². The first kappa shape index (κ1) is 9.02. The molecule has 0 amide bonds. The highest BCUT2D eigenvalue weighted by atomic mass is 35.5. The average Bonchev–Trinajstić information content (AvgIpc) is 2.49. The summed E-state index contributed by atoms with van der Waals surface area (Å²) in [4.78, 5) is 4.15. The number of halogens is 1. The topological polar surface area (TPSA) is 67.2 Å². The number of rotatable bonds is 2. The van der Waals surface area contributed by atoms with Gasteiger partial charge in [0.25, 0.3) is 0 Å². The summed E-state index contributed by atoms with van der Waals surface area (Å²) < 4.78 is 1.84. The van der Waals surface area contributed by atoms with Crippen molar-refractivity contribution in [2.45, 2.75) is 6.42 Å². The number of nitrogens with two attached hydrogens (primary N) is 1. The van der Waals surface area contributed by atoms with E-state index < -0.39 is 0 Å². The van der Waals surface area contributed by atoms with Crippen LogP contribution in [0.4, 0.5) is 0 Å². The van der Waals surface area contributed by atoms with E-state index in [4.69, 9.17) is 22.7 Å². The third kappa shape index (κ3) is 1.44. The Kier molecular flexibility index (Phi) is 2.13. The number of pyridine rings is 1. The SMILES string of the molecule is N=C(N)Cc1cnc2c(Cl)cccn12. The van der Waals surface area contributed by atoms with Crippen molar-refractivity contribution in [2.75, 3.05) is 0 Å². The molecule has 0 aliphatic heterocycles. The lowest BCUT2D eigenvalue weighted by Crippen LogP contribution is -2.13. The zero-order chi connectivity index (χ0) is 10.1. The highest BCUT2D eigenvalue weighted by molar-refractivity contribution is 6.33. The first-order valence-electron chi connectivity index (χ1n) is 4.12. The van der Waals surface area contributed by atoms with Gasteiger partial charge < -0.3 is 10.1 Å². The van der Waals surface area contributed by atoms with E-state index >= 15 is 0 Å². The maximum Gasteiger partial charge on any atom is 0.155 e. The Balaban J connectivity index is 2.58. The molecule has 0 aliphatic carbocycles. The minimum absolute atomic E-state index is 0.117. The van der Waals surface area contributed by atoms with Crippen molar-refractivity contribution in [1.82, 2.24) is 9.38 Å². The molecule has 0 bridgehead atoms. The van der Waals surface area contributed by atoms with Gasteiger partial charge in [0.15, 0.2) is 5.65 Å². The van der Waals surface area contributed by atoms with Crippen LogP contribution >= 0.6 is 11.6 Å². The number of amidine groups is 1. The van der Waals surface area contributed by atoms with Gasteiger partial charge in [0.05, 0.1) is 10.9 Å². The van der Waals surface area contributed by atoms with Crippen molar-refractivity contribution >= 4 is 23.1 Å². The predicted molar refractivity (Wildman–Crippen MR) is 55.8 cm³/mol. The highest BCUT2D eigenvalue weighted by Gasteiger charge is 2.06. The van der Waals surface area contributed by atoms with E-state index in [-0.39, 0.29) is 5.84 Å². The third-order valence-corrected chi connectivity index (χ3v) is 2.23. The molecule has 14 heavy (non-hydrogen) atoms. The monoisotopic (exact) mass is 208 g/mol. The molecular formula is C9H9ClN4. The Morgan fingerprint density at radius 3 is 3.14 bits per heavy atom. The van der Waals surface area contributed by atoms with Crippen LogP contribution in [0.15, 0.2) is 24.5 Å². The van der Waals surface area contributed by atoms with Gasteiger partial charge in [-0.3, -0.25) is 5.41 Å². The molecular weight excluding hydrogens is 200 g/mol. The van der Waals surface area contributed by atoms with Crippen molar-refractivity contribution in [3.63, 3.8) is 0 Å². The number of aromatic nitrogens is 2. The summed E-state index contributed by atoms with van der Waals surface area (Å²) in [6, 6.07) is 3.61. The quantitative estimate of drug-likeness (QED) is 0.580. The number of nitrogens with zero attached hydrogens (tertiary/aromatic N) is 2. The van der Waals surface area contributed by atoms with Crippen LogP contribution in [0.25, 0.3) is 5.65 Å². The van der Waals surface area contributed by atoms with Crippen LogP contribution in [-0.2, 0) is 6.42 Å². The smallest absolute Gasteiger partial charge is 0.155 e. The standard InChI is InChI=1S/C9H9ClN4/c10-7-2-1-3-14-6(4-8(11)12)5-13-9(7)14/h1-3,5H,4H2,(H3,11,12). The summed E-state index contributed by atoms with van der Waals surface area (Å²) in [5, 5.41) is 7.80. The second kappa shape index (κ2) is 3.31. The second-order valence-electron chi connectivity index (χ2n) is 3.00. The lowest BCUT2D eigenvalue weighted by Gasteiger charge is -2.00. The van der Waals surface area contributed by atoms with Gasteiger partial charge in [-0.25, -0.2) is 4.98 Å². The van der Waals surface area contributed by atoms with Gasteiger partial charge in [0.1, 0.15) is 0 Å². The highest BCUT2D eigenvalue weighted by Crippen LogP contribution is 2.16. The largest absolute Gasteiger partial charge is 0.387 e.